The number of nitrogens with one attached hydrogen (secondary N) is 1. The van der Waals surface area contributed by atoms with E-state index in [2.05, 4.69) is 20.5 Å². The van der Waals surface area contributed by atoms with Crippen molar-refractivity contribution in [2.24, 2.45) is 5.73 Å². The fourth-order valence-corrected chi connectivity index (χ4v) is 3.36. The number of pyridine rings is 1. The second kappa shape index (κ2) is 7.96. The quantitative estimate of drug-likeness (QED) is 0.710. The summed E-state index contributed by atoms with van der Waals surface area (Å²) in [6.07, 6.45) is 4.12. The first-order valence-electron chi connectivity index (χ1n) is 7.94. The van der Waals surface area contributed by atoms with Crippen molar-refractivity contribution in [2.75, 3.05) is 0 Å². The molecule has 2 heterocycles. The number of benzene rings is 1. The highest BCUT2D eigenvalue weighted by molar-refractivity contribution is 7.14. The van der Waals surface area contributed by atoms with Gasteiger partial charge < -0.3 is 11.1 Å². The van der Waals surface area contributed by atoms with E-state index in [1.54, 1.807) is 12.4 Å². The average Bonchev–Trinajstić information content (AvgIpc) is 3.12. The predicted octanol–water partition coefficient (Wildman–Crippen LogP) is 2.48. The largest absolute Gasteiger partial charge is 0.347 e. The molecule has 1 atom stereocenters. The number of nitrogens with zero attached hydrogens (tertiary/aromatic N) is 3. The first-order chi connectivity index (χ1) is 12.2. The van der Waals surface area contributed by atoms with E-state index in [-0.39, 0.29) is 11.9 Å². The highest BCUT2D eigenvalue weighted by Crippen LogP contribution is 2.28. The van der Waals surface area contributed by atoms with Crippen molar-refractivity contribution < 1.29 is 4.79 Å². The molecule has 0 fully saturated rings. The lowest BCUT2D eigenvalue weighted by Gasteiger charge is -2.15. The maximum absolute atomic E-state index is 11.6. The number of carbonyl (C=O) groups is 1. The highest BCUT2D eigenvalue weighted by Gasteiger charge is 2.19. The van der Waals surface area contributed by atoms with Crippen molar-refractivity contribution in [1.82, 2.24) is 20.5 Å². The van der Waals surface area contributed by atoms with E-state index < -0.39 is 0 Å². The van der Waals surface area contributed by atoms with E-state index in [0.717, 1.165) is 26.7 Å². The molecule has 0 saturated carbocycles. The van der Waals surface area contributed by atoms with Crippen LogP contribution in [0.3, 0.4) is 0 Å². The van der Waals surface area contributed by atoms with Crippen molar-refractivity contribution in [1.29, 1.82) is 0 Å². The van der Waals surface area contributed by atoms with Crippen molar-refractivity contribution in [3.8, 4) is 10.6 Å². The molecule has 3 aromatic rings. The number of nitrogens with two attached hydrogens (primary N) is 1. The minimum atomic E-state index is -0.218. The maximum atomic E-state index is 11.6. The van der Waals surface area contributed by atoms with Gasteiger partial charge in [-0.05, 0) is 29.7 Å². The molecule has 1 aromatic carbocycles. The molecular formula is C18H19N5OS. The second-order valence-electron chi connectivity index (χ2n) is 5.67. The van der Waals surface area contributed by atoms with Crippen LogP contribution in [0.2, 0.25) is 0 Å². The van der Waals surface area contributed by atoms with Gasteiger partial charge in [-0.25, -0.2) is 0 Å². The molecule has 3 N–H and O–H groups in total. The predicted molar refractivity (Wildman–Crippen MR) is 97.7 cm³/mol. The average molecular weight is 353 g/mol. The second-order valence-corrected chi connectivity index (χ2v) is 6.67. The fourth-order valence-electron chi connectivity index (χ4n) is 2.47. The lowest BCUT2D eigenvalue weighted by molar-refractivity contribution is -0.119. The van der Waals surface area contributed by atoms with E-state index in [4.69, 9.17) is 5.73 Å². The highest BCUT2D eigenvalue weighted by atomic mass is 32.1. The number of aromatic nitrogens is 3. The summed E-state index contributed by atoms with van der Waals surface area (Å²) in [4.78, 5) is 15.7. The van der Waals surface area contributed by atoms with Crippen LogP contribution in [0.25, 0.3) is 10.6 Å². The lowest BCUT2D eigenvalue weighted by atomic mass is 10.0. The molecule has 0 aliphatic carbocycles. The van der Waals surface area contributed by atoms with E-state index in [1.807, 2.05) is 36.4 Å². The van der Waals surface area contributed by atoms with Gasteiger partial charge in [-0.3, -0.25) is 9.78 Å². The van der Waals surface area contributed by atoms with Crippen LogP contribution in [0.5, 0.6) is 0 Å². The van der Waals surface area contributed by atoms with Crippen LogP contribution in [0.15, 0.2) is 48.8 Å². The molecule has 6 nitrogen and oxygen atoms in total. The molecule has 0 aliphatic heterocycles. The summed E-state index contributed by atoms with van der Waals surface area (Å²) >= 11 is 1.47. The zero-order valence-electron chi connectivity index (χ0n) is 13.8. The number of hydrogen-bond donors (Lipinski definition) is 2. The third-order valence-electron chi connectivity index (χ3n) is 3.72. The minimum absolute atomic E-state index is 0.0956. The van der Waals surface area contributed by atoms with Crippen LogP contribution >= 0.6 is 11.3 Å². The summed E-state index contributed by atoms with van der Waals surface area (Å²) in [6.45, 7) is 2.02. The molecule has 0 spiro atoms. The van der Waals surface area contributed by atoms with Crippen LogP contribution in [0, 0.1) is 0 Å². The van der Waals surface area contributed by atoms with Gasteiger partial charge in [-0.2, -0.15) is 0 Å². The van der Waals surface area contributed by atoms with Crippen LogP contribution < -0.4 is 11.1 Å². The first-order valence-corrected chi connectivity index (χ1v) is 8.76. The Kier molecular flexibility index (Phi) is 5.47. The van der Waals surface area contributed by atoms with Gasteiger partial charge in [0.25, 0.3) is 0 Å². The monoisotopic (exact) mass is 353 g/mol. The van der Waals surface area contributed by atoms with Crippen LogP contribution in [0.4, 0.5) is 0 Å². The van der Waals surface area contributed by atoms with Gasteiger partial charge in [0.15, 0.2) is 0 Å². The van der Waals surface area contributed by atoms with Gasteiger partial charge in [-0.1, -0.05) is 35.6 Å². The third kappa shape index (κ3) is 4.46. The van der Waals surface area contributed by atoms with E-state index >= 15 is 0 Å². The molecule has 1 amide bonds. The van der Waals surface area contributed by atoms with Crippen molar-refractivity contribution in [3.63, 3.8) is 0 Å². The Balaban J connectivity index is 1.83. The Morgan fingerprint density at radius 2 is 1.96 bits per heavy atom. The number of amides is 1. The van der Waals surface area contributed by atoms with Gasteiger partial charge in [0.1, 0.15) is 10.0 Å². The molecule has 7 heteroatoms. The maximum Gasteiger partial charge on any atom is 0.217 e. The molecule has 3 rings (SSSR count). The first kappa shape index (κ1) is 17.2. The van der Waals surface area contributed by atoms with Crippen LogP contribution in [-0.2, 0) is 17.8 Å². The van der Waals surface area contributed by atoms with Gasteiger partial charge in [0.05, 0.1) is 6.04 Å². The molecule has 2 aromatic heterocycles. The number of carbonyl (C=O) groups excluding carboxylic acids is 1. The molecule has 0 saturated heterocycles. The molecule has 0 aliphatic rings. The fraction of sp³-hybridized carbons (Fsp3) is 0.222. The van der Waals surface area contributed by atoms with Gasteiger partial charge in [-0.15, -0.1) is 10.2 Å². The summed E-state index contributed by atoms with van der Waals surface area (Å²) in [5, 5.41) is 13.1. The summed E-state index contributed by atoms with van der Waals surface area (Å²) in [5.74, 6) is -0.0956. The molecule has 1 unspecified atom stereocenters. The topological polar surface area (TPSA) is 93.8 Å². The zero-order chi connectivity index (χ0) is 17.6. The Hall–Kier alpha value is -2.64. The summed E-state index contributed by atoms with van der Waals surface area (Å²) < 4.78 is 0. The van der Waals surface area contributed by atoms with Crippen molar-refractivity contribution in [3.05, 3.63) is 64.9 Å². The Morgan fingerprint density at radius 3 is 2.60 bits per heavy atom. The summed E-state index contributed by atoms with van der Waals surface area (Å²) in [5.41, 5.74) is 8.74. The van der Waals surface area contributed by atoms with Gasteiger partial charge in [0.2, 0.25) is 5.91 Å². The normalized spacial score (nSPS) is 11.9. The zero-order valence-corrected chi connectivity index (χ0v) is 14.7. The molecule has 25 heavy (non-hydrogen) atoms. The smallest absolute Gasteiger partial charge is 0.217 e. The van der Waals surface area contributed by atoms with Crippen molar-refractivity contribution in [2.45, 2.75) is 25.9 Å². The van der Waals surface area contributed by atoms with Crippen LogP contribution in [-0.4, -0.2) is 21.1 Å². The summed E-state index contributed by atoms with van der Waals surface area (Å²) in [7, 11) is 0. The summed E-state index contributed by atoms with van der Waals surface area (Å²) in [6, 6.07) is 11.6. The Morgan fingerprint density at radius 1 is 1.20 bits per heavy atom. The Bertz CT molecular complexity index is 832. The third-order valence-corrected chi connectivity index (χ3v) is 4.81. The number of hydrogen-bond acceptors (Lipinski definition) is 6. The molecular weight excluding hydrogens is 334 g/mol. The van der Waals surface area contributed by atoms with Crippen molar-refractivity contribution >= 4 is 17.2 Å². The van der Waals surface area contributed by atoms with Crippen LogP contribution in [0.1, 0.15) is 29.1 Å². The Labute approximate surface area is 150 Å². The standard InChI is InChI=1S/C18H19N5OS/c1-12(24)21-16(9-13-4-6-14(10-19)7-5-13)18-23-22-17(25-18)15-3-2-8-20-11-15/h2-8,11,16H,9-10,19H2,1H3,(H,21,24). The van der Waals surface area contributed by atoms with E-state index in [9.17, 15) is 4.79 Å². The minimum Gasteiger partial charge on any atom is -0.347 e. The van der Waals surface area contributed by atoms with E-state index in [0.29, 0.717) is 13.0 Å². The molecule has 0 radical (unpaired) electrons. The van der Waals surface area contributed by atoms with Gasteiger partial charge in [0, 0.05) is 31.4 Å². The lowest BCUT2D eigenvalue weighted by Crippen LogP contribution is -2.27. The SMILES string of the molecule is CC(=O)NC(Cc1ccc(CN)cc1)c1nnc(-c2cccnc2)s1. The van der Waals surface area contributed by atoms with E-state index in [1.165, 1.54) is 18.3 Å². The molecule has 0 bridgehead atoms. The molecule has 128 valence electrons. The number of rotatable bonds is 6. The van der Waals surface area contributed by atoms with Gasteiger partial charge >= 0.3 is 0 Å².